The van der Waals surface area contributed by atoms with E-state index < -0.39 is 11.6 Å². The zero-order valence-corrected chi connectivity index (χ0v) is 11.1. The Morgan fingerprint density at radius 2 is 2.05 bits per heavy atom. The number of nitrogens with two attached hydrogens (primary N) is 1. The van der Waals surface area contributed by atoms with Crippen molar-refractivity contribution in [3.05, 3.63) is 53.7 Å². The third kappa shape index (κ3) is 3.51. The van der Waals surface area contributed by atoms with E-state index in [0.29, 0.717) is 0 Å². The summed E-state index contributed by atoms with van der Waals surface area (Å²) in [6.07, 6.45) is 3.23. The number of aromatic nitrogens is 1. The summed E-state index contributed by atoms with van der Waals surface area (Å²) in [4.78, 5) is 4.07. The smallest absolute Gasteiger partial charge is 0.219 e. The van der Waals surface area contributed by atoms with E-state index in [1.165, 1.54) is 12.1 Å². The molecule has 0 bridgehead atoms. The first-order valence-corrected chi connectivity index (χ1v) is 6.42. The normalized spacial score (nSPS) is 12.2. The average Bonchev–Trinajstić information content (AvgIpc) is 2.46. The zero-order valence-electron chi connectivity index (χ0n) is 11.1. The van der Waals surface area contributed by atoms with Gasteiger partial charge >= 0.3 is 0 Å². The molecule has 2 N–H and O–H groups in total. The summed E-state index contributed by atoms with van der Waals surface area (Å²) >= 11 is 0. The number of halogens is 2. The standard InChI is InChI=1S/C15H16F2N2O/c1-2-11(18)8-10-6-7-14(19-9-10)20-13-5-3-4-12(16)15(13)17/h3-7,9,11H,2,8,18H2,1H3. The van der Waals surface area contributed by atoms with E-state index in [0.717, 1.165) is 24.5 Å². The Balaban J connectivity index is 2.09. The maximum atomic E-state index is 13.4. The number of pyridine rings is 1. The van der Waals surface area contributed by atoms with Crippen LogP contribution in [0, 0.1) is 11.6 Å². The monoisotopic (exact) mass is 278 g/mol. The number of benzene rings is 1. The van der Waals surface area contributed by atoms with Gasteiger partial charge in [0.25, 0.3) is 0 Å². The highest BCUT2D eigenvalue weighted by Gasteiger charge is 2.10. The first-order chi connectivity index (χ1) is 9.60. The topological polar surface area (TPSA) is 48.1 Å². The van der Waals surface area contributed by atoms with Crippen molar-refractivity contribution >= 4 is 0 Å². The predicted octanol–water partition coefficient (Wildman–Crippen LogP) is 3.43. The molecular weight excluding hydrogens is 262 g/mol. The summed E-state index contributed by atoms with van der Waals surface area (Å²) in [5.41, 5.74) is 6.83. The summed E-state index contributed by atoms with van der Waals surface area (Å²) in [5, 5.41) is 0. The molecule has 0 aliphatic rings. The van der Waals surface area contributed by atoms with Gasteiger partial charge in [-0.1, -0.05) is 19.1 Å². The van der Waals surface area contributed by atoms with Crippen molar-refractivity contribution in [3.8, 4) is 11.6 Å². The second-order valence-electron chi connectivity index (χ2n) is 4.53. The number of nitrogens with zero attached hydrogens (tertiary/aromatic N) is 1. The lowest BCUT2D eigenvalue weighted by molar-refractivity contribution is 0.405. The molecule has 106 valence electrons. The fraction of sp³-hybridized carbons (Fsp3) is 0.267. The molecule has 0 aliphatic heterocycles. The molecule has 3 nitrogen and oxygen atoms in total. The van der Waals surface area contributed by atoms with Crippen LogP contribution >= 0.6 is 0 Å². The van der Waals surface area contributed by atoms with Crippen LogP contribution in [0.2, 0.25) is 0 Å². The first kappa shape index (κ1) is 14.4. The molecule has 5 heteroatoms. The SMILES string of the molecule is CCC(N)Cc1ccc(Oc2cccc(F)c2F)nc1. The quantitative estimate of drug-likeness (QED) is 0.911. The molecular formula is C15H16F2N2O. The Hall–Kier alpha value is -2.01. The predicted molar refractivity (Wildman–Crippen MR) is 72.6 cm³/mol. The van der Waals surface area contributed by atoms with E-state index in [2.05, 4.69) is 4.98 Å². The van der Waals surface area contributed by atoms with Gasteiger partial charge in [0.1, 0.15) is 0 Å². The molecule has 0 saturated heterocycles. The molecule has 0 saturated carbocycles. The van der Waals surface area contributed by atoms with E-state index in [1.54, 1.807) is 12.3 Å². The van der Waals surface area contributed by atoms with Gasteiger partial charge in [-0.2, -0.15) is 4.39 Å². The van der Waals surface area contributed by atoms with Gasteiger partial charge in [0.15, 0.2) is 11.6 Å². The lowest BCUT2D eigenvalue weighted by Crippen LogP contribution is -2.21. The van der Waals surface area contributed by atoms with E-state index in [1.807, 2.05) is 13.0 Å². The van der Waals surface area contributed by atoms with Crippen molar-refractivity contribution in [3.63, 3.8) is 0 Å². The summed E-state index contributed by atoms with van der Waals surface area (Å²) in [6.45, 7) is 2.02. The van der Waals surface area contributed by atoms with Crippen LogP contribution in [-0.2, 0) is 6.42 Å². The van der Waals surface area contributed by atoms with Gasteiger partial charge in [0.05, 0.1) is 0 Å². The van der Waals surface area contributed by atoms with Crippen LogP contribution in [-0.4, -0.2) is 11.0 Å². The summed E-state index contributed by atoms with van der Waals surface area (Å²) in [6, 6.07) is 7.27. The van der Waals surface area contributed by atoms with E-state index in [4.69, 9.17) is 10.5 Å². The lowest BCUT2D eigenvalue weighted by atomic mass is 10.1. The van der Waals surface area contributed by atoms with Crippen molar-refractivity contribution in [1.82, 2.24) is 4.98 Å². The molecule has 1 atom stereocenters. The highest BCUT2D eigenvalue weighted by molar-refractivity contribution is 5.30. The summed E-state index contributed by atoms with van der Waals surface area (Å²) < 4.78 is 31.7. The molecule has 2 rings (SSSR count). The Bertz CT molecular complexity index is 573. The Morgan fingerprint density at radius 3 is 2.70 bits per heavy atom. The average molecular weight is 278 g/mol. The van der Waals surface area contributed by atoms with Gasteiger partial charge in [-0.05, 0) is 30.5 Å². The summed E-state index contributed by atoms with van der Waals surface area (Å²) in [7, 11) is 0. The summed E-state index contributed by atoms with van der Waals surface area (Å²) in [5.74, 6) is -1.95. The lowest BCUT2D eigenvalue weighted by Gasteiger charge is -2.09. The molecule has 0 amide bonds. The molecule has 20 heavy (non-hydrogen) atoms. The van der Waals surface area contributed by atoms with Crippen LogP contribution in [0.5, 0.6) is 11.6 Å². The largest absolute Gasteiger partial charge is 0.436 e. The number of hydrogen-bond donors (Lipinski definition) is 1. The minimum atomic E-state index is -1.02. The highest BCUT2D eigenvalue weighted by atomic mass is 19.2. The Labute approximate surface area is 116 Å². The second-order valence-corrected chi connectivity index (χ2v) is 4.53. The van der Waals surface area contributed by atoms with Crippen molar-refractivity contribution in [2.45, 2.75) is 25.8 Å². The molecule has 1 aromatic heterocycles. The van der Waals surface area contributed by atoms with Crippen LogP contribution in [0.3, 0.4) is 0 Å². The van der Waals surface area contributed by atoms with Gasteiger partial charge in [-0.3, -0.25) is 0 Å². The van der Waals surface area contributed by atoms with Crippen LogP contribution in [0.1, 0.15) is 18.9 Å². The molecule has 1 unspecified atom stereocenters. The van der Waals surface area contributed by atoms with Gasteiger partial charge in [0.2, 0.25) is 11.7 Å². The first-order valence-electron chi connectivity index (χ1n) is 6.42. The fourth-order valence-corrected chi connectivity index (χ4v) is 1.71. The van der Waals surface area contributed by atoms with Gasteiger partial charge in [-0.15, -0.1) is 0 Å². The Morgan fingerprint density at radius 1 is 1.25 bits per heavy atom. The maximum absolute atomic E-state index is 13.4. The van der Waals surface area contributed by atoms with Crippen LogP contribution < -0.4 is 10.5 Å². The van der Waals surface area contributed by atoms with Crippen LogP contribution in [0.15, 0.2) is 36.5 Å². The number of rotatable bonds is 5. The molecule has 1 aromatic carbocycles. The van der Waals surface area contributed by atoms with Gasteiger partial charge in [0, 0.05) is 18.3 Å². The number of ether oxygens (including phenoxy) is 1. The van der Waals surface area contributed by atoms with Crippen molar-refractivity contribution in [1.29, 1.82) is 0 Å². The van der Waals surface area contributed by atoms with E-state index in [-0.39, 0.29) is 17.7 Å². The third-order valence-electron chi connectivity index (χ3n) is 2.95. The third-order valence-corrected chi connectivity index (χ3v) is 2.95. The van der Waals surface area contributed by atoms with E-state index >= 15 is 0 Å². The van der Waals surface area contributed by atoms with Crippen molar-refractivity contribution < 1.29 is 13.5 Å². The number of hydrogen-bond acceptors (Lipinski definition) is 3. The molecule has 0 fully saturated rings. The zero-order chi connectivity index (χ0) is 14.5. The molecule has 0 spiro atoms. The Kier molecular flexibility index (Phi) is 4.63. The second kappa shape index (κ2) is 6.43. The molecule has 0 radical (unpaired) electrons. The van der Waals surface area contributed by atoms with Crippen molar-refractivity contribution in [2.24, 2.45) is 5.73 Å². The van der Waals surface area contributed by atoms with Crippen LogP contribution in [0.25, 0.3) is 0 Å². The minimum Gasteiger partial charge on any atom is -0.436 e. The maximum Gasteiger partial charge on any atom is 0.219 e. The fourth-order valence-electron chi connectivity index (χ4n) is 1.71. The molecule has 2 aromatic rings. The molecule has 0 aliphatic carbocycles. The minimum absolute atomic E-state index is 0.0873. The van der Waals surface area contributed by atoms with Crippen LogP contribution in [0.4, 0.5) is 8.78 Å². The van der Waals surface area contributed by atoms with E-state index in [9.17, 15) is 8.78 Å². The van der Waals surface area contributed by atoms with Crippen molar-refractivity contribution in [2.75, 3.05) is 0 Å². The molecule has 1 heterocycles. The highest BCUT2D eigenvalue weighted by Crippen LogP contribution is 2.24. The van der Waals surface area contributed by atoms with Gasteiger partial charge < -0.3 is 10.5 Å². The van der Waals surface area contributed by atoms with Gasteiger partial charge in [-0.25, -0.2) is 9.37 Å².